The second-order valence-electron chi connectivity index (χ2n) is 7.02. The molecule has 0 unspecified atom stereocenters. The van der Waals surface area contributed by atoms with Gasteiger partial charge in [0.25, 0.3) is 5.91 Å². The monoisotopic (exact) mass is 395 g/mol. The van der Waals surface area contributed by atoms with Crippen LogP contribution in [0.3, 0.4) is 0 Å². The highest BCUT2D eigenvalue weighted by Crippen LogP contribution is 2.32. The van der Waals surface area contributed by atoms with Gasteiger partial charge in [0.05, 0.1) is 30.8 Å². The van der Waals surface area contributed by atoms with E-state index in [1.165, 1.54) is 11.9 Å². The minimum atomic E-state index is -0.544. The quantitative estimate of drug-likeness (QED) is 0.625. The third-order valence-corrected chi connectivity index (χ3v) is 5.24. The SMILES string of the molecule is COC(=O)c1cc([C@@H]2CC[C@@H](C)N(C(=O)c3ccccc3-n3nccn3)C2)on1. The lowest BCUT2D eigenvalue weighted by Gasteiger charge is -2.37. The molecule has 9 heteroatoms. The number of carbonyl (C=O) groups is 2. The fourth-order valence-electron chi connectivity index (χ4n) is 3.63. The van der Waals surface area contributed by atoms with Gasteiger partial charge in [-0.15, -0.1) is 0 Å². The lowest BCUT2D eigenvalue weighted by atomic mass is 9.90. The number of hydrogen-bond acceptors (Lipinski definition) is 7. The molecule has 3 aromatic rings. The molecule has 0 saturated carbocycles. The van der Waals surface area contributed by atoms with Crippen LogP contribution in [0.1, 0.15) is 52.3 Å². The Bertz CT molecular complexity index is 1010. The summed E-state index contributed by atoms with van der Waals surface area (Å²) >= 11 is 0. The van der Waals surface area contributed by atoms with E-state index in [0.29, 0.717) is 23.6 Å². The van der Waals surface area contributed by atoms with E-state index in [1.54, 1.807) is 24.5 Å². The van der Waals surface area contributed by atoms with E-state index in [1.807, 2.05) is 30.0 Å². The van der Waals surface area contributed by atoms with Gasteiger partial charge in [0.2, 0.25) is 0 Å². The van der Waals surface area contributed by atoms with Crippen molar-refractivity contribution in [2.75, 3.05) is 13.7 Å². The van der Waals surface area contributed by atoms with Crippen molar-refractivity contribution in [2.45, 2.75) is 31.7 Å². The number of likely N-dealkylation sites (tertiary alicyclic amines) is 1. The first kappa shape index (κ1) is 18.9. The standard InChI is InChI=1S/C20H21N5O4/c1-13-7-8-14(18-11-16(23-29-18)20(27)28-2)12-24(13)19(26)15-5-3-4-6-17(15)25-21-9-10-22-25/h3-6,9-11,13-14H,7-8,12H2,1-2H3/t13-,14-/m1/s1. The van der Waals surface area contributed by atoms with Gasteiger partial charge < -0.3 is 14.2 Å². The highest BCUT2D eigenvalue weighted by atomic mass is 16.5. The molecule has 1 amide bonds. The maximum Gasteiger partial charge on any atom is 0.360 e. The molecule has 3 heterocycles. The number of methoxy groups -OCH3 is 1. The topological polar surface area (TPSA) is 103 Å². The van der Waals surface area contributed by atoms with Gasteiger partial charge in [-0.2, -0.15) is 15.0 Å². The molecule has 150 valence electrons. The number of esters is 1. The maximum absolute atomic E-state index is 13.4. The zero-order chi connectivity index (χ0) is 20.4. The van der Waals surface area contributed by atoms with Crippen LogP contribution >= 0.6 is 0 Å². The molecule has 1 aliphatic heterocycles. The minimum Gasteiger partial charge on any atom is -0.464 e. The van der Waals surface area contributed by atoms with Crippen LogP contribution in [-0.2, 0) is 4.74 Å². The zero-order valence-electron chi connectivity index (χ0n) is 16.2. The number of nitrogens with zero attached hydrogens (tertiary/aromatic N) is 5. The van der Waals surface area contributed by atoms with Crippen molar-refractivity contribution in [3.63, 3.8) is 0 Å². The summed E-state index contributed by atoms with van der Waals surface area (Å²) in [7, 11) is 1.30. The predicted octanol–water partition coefficient (Wildman–Crippen LogP) is 2.45. The van der Waals surface area contributed by atoms with Crippen molar-refractivity contribution in [1.29, 1.82) is 0 Å². The van der Waals surface area contributed by atoms with E-state index < -0.39 is 5.97 Å². The molecule has 2 aromatic heterocycles. The molecule has 0 aliphatic carbocycles. The van der Waals surface area contributed by atoms with Gasteiger partial charge in [0.1, 0.15) is 5.76 Å². The van der Waals surface area contributed by atoms with Crippen molar-refractivity contribution >= 4 is 11.9 Å². The van der Waals surface area contributed by atoms with Gasteiger partial charge >= 0.3 is 5.97 Å². The van der Waals surface area contributed by atoms with Gasteiger partial charge in [-0.3, -0.25) is 4.79 Å². The number of carbonyl (C=O) groups excluding carboxylic acids is 2. The minimum absolute atomic E-state index is 0.0453. The van der Waals surface area contributed by atoms with E-state index in [9.17, 15) is 9.59 Å². The summed E-state index contributed by atoms with van der Waals surface area (Å²) in [5.41, 5.74) is 1.29. The molecule has 9 nitrogen and oxygen atoms in total. The molecule has 0 N–H and O–H groups in total. The van der Waals surface area contributed by atoms with E-state index in [0.717, 1.165) is 12.8 Å². The number of benzene rings is 1. The molecule has 0 spiro atoms. The number of aromatic nitrogens is 4. The summed E-state index contributed by atoms with van der Waals surface area (Å²) in [6, 6.07) is 8.93. The van der Waals surface area contributed by atoms with Crippen molar-refractivity contribution in [1.82, 2.24) is 25.1 Å². The molecule has 1 saturated heterocycles. The predicted molar refractivity (Wildman–Crippen MR) is 102 cm³/mol. The van der Waals surface area contributed by atoms with Gasteiger partial charge in [-0.05, 0) is 31.9 Å². The molecule has 0 radical (unpaired) electrons. The second kappa shape index (κ2) is 7.86. The number of ether oxygens (including phenoxy) is 1. The Kier molecular flexibility index (Phi) is 5.11. The number of rotatable bonds is 4. The smallest absolute Gasteiger partial charge is 0.360 e. The van der Waals surface area contributed by atoms with E-state index in [4.69, 9.17) is 4.52 Å². The lowest BCUT2D eigenvalue weighted by Crippen LogP contribution is -2.45. The normalized spacial score (nSPS) is 19.2. The summed E-state index contributed by atoms with van der Waals surface area (Å²) in [5.74, 6) is -0.103. The number of amides is 1. The van der Waals surface area contributed by atoms with Crippen LogP contribution in [0.25, 0.3) is 5.69 Å². The number of piperidine rings is 1. The summed E-state index contributed by atoms with van der Waals surface area (Å²) in [4.78, 5) is 28.3. The maximum atomic E-state index is 13.4. The van der Waals surface area contributed by atoms with E-state index in [-0.39, 0.29) is 23.6 Å². The lowest BCUT2D eigenvalue weighted by molar-refractivity contribution is 0.0588. The third kappa shape index (κ3) is 3.63. The Balaban J connectivity index is 1.59. The molecule has 0 bridgehead atoms. The Labute approximate surface area is 167 Å². The van der Waals surface area contributed by atoms with Crippen LogP contribution in [0.5, 0.6) is 0 Å². The van der Waals surface area contributed by atoms with Crippen molar-refractivity contribution in [2.24, 2.45) is 0 Å². The van der Waals surface area contributed by atoms with Crippen LogP contribution < -0.4 is 0 Å². The summed E-state index contributed by atoms with van der Waals surface area (Å²) < 4.78 is 10.0. The Hall–Kier alpha value is -3.49. The van der Waals surface area contributed by atoms with Crippen molar-refractivity contribution in [3.05, 3.63) is 59.7 Å². The highest BCUT2D eigenvalue weighted by molar-refractivity contribution is 5.98. The highest BCUT2D eigenvalue weighted by Gasteiger charge is 2.33. The van der Waals surface area contributed by atoms with Crippen LogP contribution in [-0.4, -0.2) is 56.6 Å². The molecule has 1 aromatic carbocycles. The molecule has 1 fully saturated rings. The largest absolute Gasteiger partial charge is 0.464 e. The van der Waals surface area contributed by atoms with Gasteiger partial charge in [-0.25, -0.2) is 4.79 Å². The van der Waals surface area contributed by atoms with Crippen LogP contribution in [0.2, 0.25) is 0 Å². The van der Waals surface area contributed by atoms with Crippen LogP contribution in [0.4, 0.5) is 0 Å². The average Bonchev–Trinajstić information content (AvgIpc) is 3.45. The van der Waals surface area contributed by atoms with Gasteiger partial charge in [0, 0.05) is 24.6 Å². The first-order chi connectivity index (χ1) is 14.1. The molecule has 1 aliphatic rings. The van der Waals surface area contributed by atoms with E-state index in [2.05, 4.69) is 20.1 Å². The molecule has 29 heavy (non-hydrogen) atoms. The first-order valence-electron chi connectivity index (χ1n) is 9.40. The Morgan fingerprint density at radius 2 is 1.93 bits per heavy atom. The third-order valence-electron chi connectivity index (χ3n) is 5.24. The molecular formula is C20H21N5O4. The number of hydrogen-bond donors (Lipinski definition) is 0. The summed E-state index contributed by atoms with van der Waals surface area (Å²) in [6.07, 6.45) is 4.79. The van der Waals surface area contributed by atoms with Gasteiger partial charge in [-0.1, -0.05) is 17.3 Å². The Morgan fingerprint density at radius 3 is 2.69 bits per heavy atom. The molecule has 2 atom stereocenters. The van der Waals surface area contributed by atoms with Crippen LogP contribution in [0.15, 0.2) is 47.2 Å². The van der Waals surface area contributed by atoms with Crippen molar-refractivity contribution in [3.8, 4) is 5.69 Å². The van der Waals surface area contributed by atoms with E-state index >= 15 is 0 Å². The fraction of sp³-hybridized carbons (Fsp3) is 0.350. The number of para-hydroxylation sites is 1. The van der Waals surface area contributed by atoms with Gasteiger partial charge in [0.15, 0.2) is 5.69 Å². The average molecular weight is 395 g/mol. The molecule has 4 rings (SSSR count). The Morgan fingerprint density at radius 1 is 1.17 bits per heavy atom. The molecular weight excluding hydrogens is 374 g/mol. The second-order valence-corrected chi connectivity index (χ2v) is 7.02. The van der Waals surface area contributed by atoms with Crippen LogP contribution in [0, 0.1) is 0 Å². The summed E-state index contributed by atoms with van der Waals surface area (Å²) in [6.45, 7) is 2.50. The first-order valence-corrected chi connectivity index (χ1v) is 9.40. The summed E-state index contributed by atoms with van der Waals surface area (Å²) in [5, 5.41) is 12.1. The zero-order valence-corrected chi connectivity index (χ0v) is 16.2. The fourth-order valence-corrected chi connectivity index (χ4v) is 3.63. The van der Waals surface area contributed by atoms with Crippen molar-refractivity contribution < 1.29 is 18.8 Å².